The Morgan fingerprint density at radius 2 is 1.03 bits per heavy atom. The van der Waals surface area contributed by atoms with E-state index in [4.69, 9.17) is 0 Å². The molecular formula is C64H58BN3S. The maximum atomic E-state index is 2.65. The van der Waals surface area contributed by atoms with Crippen LogP contribution in [0.1, 0.15) is 76.0 Å². The molecule has 3 heterocycles. The molecule has 338 valence electrons. The van der Waals surface area contributed by atoms with E-state index in [1.54, 1.807) is 10.4 Å². The smallest absolute Gasteiger partial charge is 0.264 e. The van der Waals surface area contributed by atoms with Crippen LogP contribution in [0.4, 0.5) is 51.2 Å². The molecule has 3 aliphatic rings. The van der Waals surface area contributed by atoms with Crippen molar-refractivity contribution in [2.24, 2.45) is 0 Å². The topological polar surface area (TPSA) is 9.72 Å². The van der Waals surface area contributed by atoms with Crippen LogP contribution in [0.5, 0.6) is 0 Å². The zero-order valence-corrected chi connectivity index (χ0v) is 41.4. The number of benzene rings is 8. The third-order valence-electron chi connectivity index (χ3n) is 14.7. The maximum Gasteiger partial charge on any atom is 0.264 e. The van der Waals surface area contributed by atoms with Crippen molar-refractivity contribution in [1.29, 1.82) is 0 Å². The molecule has 0 N–H and O–H groups in total. The summed E-state index contributed by atoms with van der Waals surface area (Å²) in [5.41, 5.74) is 22.6. The summed E-state index contributed by atoms with van der Waals surface area (Å²) in [5, 5.41) is 0. The molecule has 1 aliphatic carbocycles. The van der Waals surface area contributed by atoms with Gasteiger partial charge in [0.2, 0.25) is 0 Å². The molecule has 2 aliphatic heterocycles. The zero-order valence-electron chi connectivity index (χ0n) is 40.6. The van der Waals surface area contributed by atoms with Gasteiger partial charge in [-0.25, -0.2) is 0 Å². The molecule has 0 fully saturated rings. The molecule has 3 nitrogen and oxygen atoms in total. The molecule has 69 heavy (non-hydrogen) atoms. The van der Waals surface area contributed by atoms with E-state index in [9.17, 15) is 0 Å². The van der Waals surface area contributed by atoms with Crippen molar-refractivity contribution in [3.8, 4) is 22.3 Å². The van der Waals surface area contributed by atoms with E-state index in [1.165, 1.54) is 90.4 Å². The number of thiophene rings is 1. The van der Waals surface area contributed by atoms with E-state index in [1.807, 2.05) is 0 Å². The van der Waals surface area contributed by atoms with Crippen molar-refractivity contribution in [3.05, 3.63) is 216 Å². The molecule has 0 saturated heterocycles. The normalized spacial score (nSPS) is 13.9. The molecule has 0 amide bonds. The quantitative estimate of drug-likeness (QED) is 0.148. The molecule has 0 unspecified atom stereocenters. The van der Waals surface area contributed by atoms with Gasteiger partial charge in [0, 0.05) is 55.0 Å². The number of para-hydroxylation sites is 2. The van der Waals surface area contributed by atoms with Gasteiger partial charge in [-0.05, 0) is 154 Å². The van der Waals surface area contributed by atoms with E-state index >= 15 is 0 Å². The van der Waals surface area contributed by atoms with E-state index < -0.39 is 0 Å². The summed E-state index contributed by atoms with van der Waals surface area (Å²) in [4.78, 5) is 9.31. The van der Waals surface area contributed by atoms with E-state index in [0.717, 1.165) is 35.6 Å². The van der Waals surface area contributed by atoms with Crippen molar-refractivity contribution in [2.45, 2.75) is 78.1 Å². The van der Waals surface area contributed by atoms with Gasteiger partial charge in [0.25, 0.3) is 6.71 Å². The SMILES string of the molecule is CC(C)(C)c1ccc(N(c2ccc(-c3ccccc3)cc2)c2ccc3c(c2)N(c2ccccc2)c2cc(C(C)(C)C)cc4c2B3c2sc3c(c2N4c2ccccc2)CCCC3)c(-c2ccccc2)c1. The lowest BCUT2D eigenvalue weighted by Gasteiger charge is -2.44. The highest BCUT2D eigenvalue weighted by atomic mass is 32.1. The van der Waals surface area contributed by atoms with Crippen LogP contribution in [0.25, 0.3) is 22.3 Å². The monoisotopic (exact) mass is 911 g/mol. The van der Waals surface area contributed by atoms with Crippen LogP contribution in [0.15, 0.2) is 194 Å². The Morgan fingerprint density at radius 1 is 0.478 bits per heavy atom. The molecule has 5 heteroatoms. The molecule has 1 aromatic heterocycles. The molecule has 0 bridgehead atoms. The number of hydrogen-bond acceptors (Lipinski definition) is 4. The predicted octanol–water partition coefficient (Wildman–Crippen LogP) is 16.1. The summed E-state index contributed by atoms with van der Waals surface area (Å²) >= 11 is 2.08. The number of nitrogens with zero attached hydrogens (tertiary/aromatic N) is 3. The molecule has 12 rings (SSSR count). The van der Waals surface area contributed by atoms with Crippen LogP contribution >= 0.6 is 11.3 Å². The van der Waals surface area contributed by atoms with Gasteiger partial charge in [-0.3, -0.25) is 0 Å². The van der Waals surface area contributed by atoms with Gasteiger partial charge in [0.1, 0.15) is 0 Å². The van der Waals surface area contributed by atoms with Crippen LogP contribution in [0, 0.1) is 0 Å². The summed E-state index contributed by atoms with van der Waals surface area (Å²) in [6, 6.07) is 72.7. The van der Waals surface area contributed by atoms with Crippen molar-refractivity contribution >= 4 is 84.9 Å². The van der Waals surface area contributed by atoms with E-state index in [0.29, 0.717) is 0 Å². The lowest BCUT2D eigenvalue weighted by molar-refractivity contribution is 0.590. The Morgan fingerprint density at radius 3 is 1.67 bits per heavy atom. The summed E-state index contributed by atoms with van der Waals surface area (Å²) in [7, 11) is 0. The molecule has 0 spiro atoms. The second-order valence-electron chi connectivity index (χ2n) is 21.2. The third-order valence-corrected chi connectivity index (χ3v) is 16.0. The van der Waals surface area contributed by atoms with Gasteiger partial charge in [-0.15, -0.1) is 0 Å². The van der Waals surface area contributed by atoms with Crippen molar-refractivity contribution in [3.63, 3.8) is 0 Å². The summed E-state index contributed by atoms with van der Waals surface area (Å²) in [6.07, 6.45) is 4.75. The minimum absolute atomic E-state index is 0.0274. The zero-order chi connectivity index (χ0) is 47.0. The Labute approximate surface area is 413 Å². The first-order chi connectivity index (χ1) is 33.5. The highest BCUT2D eigenvalue weighted by molar-refractivity contribution is 7.29. The fourth-order valence-corrected chi connectivity index (χ4v) is 12.6. The van der Waals surface area contributed by atoms with Gasteiger partial charge in [0.15, 0.2) is 0 Å². The summed E-state index contributed by atoms with van der Waals surface area (Å²) in [6.45, 7) is 14.1. The van der Waals surface area contributed by atoms with E-state index in [2.05, 4.69) is 262 Å². The first kappa shape index (κ1) is 43.2. The number of anilines is 9. The van der Waals surface area contributed by atoms with Crippen LogP contribution in [0.3, 0.4) is 0 Å². The highest BCUT2D eigenvalue weighted by Crippen LogP contribution is 2.51. The lowest BCUT2D eigenvalue weighted by Crippen LogP contribution is -2.60. The Hall–Kier alpha value is -7.08. The van der Waals surface area contributed by atoms with Crippen LogP contribution in [0.2, 0.25) is 0 Å². The van der Waals surface area contributed by atoms with Crippen LogP contribution in [-0.4, -0.2) is 6.71 Å². The number of aryl methyl sites for hydroxylation is 1. The van der Waals surface area contributed by atoms with Crippen molar-refractivity contribution < 1.29 is 0 Å². The number of hydrogen-bond donors (Lipinski definition) is 0. The van der Waals surface area contributed by atoms with Gasteiger partial charge >= 0.3 is 0 Å². The van der Waals surface area contributed by atoms with E-state index in [-0.39, 0.29) is 17.5 Å². The Bertz CT molecular complexity index is 3350. The number of fused-ring (bicyclic) bond motifs is 6. The largest absolute Gasteiger partial charge is 0.311 e. The van der Waals surface area contributed by atoms with Gasteiger partial charge < -0.3 is 14.7 Å². The summed E-state index contributed by atoms with van der Waals surface area (Å²) in [5.74, 6) is 0. The average molecular weight is 912 g/mol. The first-order valence-electron chi connectivity index (χ1n) is 24.8. The van der Waals surface area contributed by atoms with Crippen molar-refractivity contribution in [1.82, 2.24) is 0 Å². The van der Waals surface area contributed by atoms with Crippen LogP contribution in [-0.2, 0) is 23.7 Å². The Kier molecular flexibility index (Phi) is 10.6. The van der Waals surface area contributed by atoms with Crippen LogP contribution < -0.4 is 30.4 Å². The third kappa shape index (κ3) is 7.50. The fraction of sp³-hybridized carbons (Fsp3) is 0.188. The molecule has 0 saturated carbocycles. The molecule has 9 aromatic rings. The summed E-state index contributed by atoms with van der Waals surface area (Å²) < 4.78 is 1.47. The average Bonchev–Trinajstić information content (AvgIpc) is 3.76. The van der Waals surface area contributed by atoms with Gasteiger partial charge in [0.05, 0.1) is 11.4 Å². The second kappa shape index (κ2) is 16.9. The first-order valence-corrected chi connectivity index (χ1v) is 25.7. The lowest BCUT2D eigenvalue weighted by atomic mass is 9.36. The van der Waals surface area contributed by atoms with Gasteiger partial charge in [-0.2, -0.15) is 11.3 Å². The standard InChI is InChI=1S/C64H58BN3S/c1-63(2,3)46-33-38-55(53(39-46)45-23-13-8-14-24-45)66(50-34-31-44(32-35-50)43-21-11-7-12-22-43)51-36-37-54-56(42-51)67(48-25-15-9-16-26-48)57-40-47(64(4,5)6)41-58-60(57)65(54)62-61(52-29-19-20-30-59(52)69-62)68(58)49-27-17-10-18-28-49/h7-18,21-28,31-42H,19-20,29-30H2,1-6H3. The van der Waals surface area contributed by atoms with Crippen molar-refractivity contribution in [2.75, 3.05) is 14.7 Å². The second-order valence-corrected chi connectivity index (χ2v) is 22.4. The molecule has 8 aromatic carbocycles. The van der Waals surface area contributed by atoms with Gasteiger partial charge in [-0.1, -0.05) is 163 Å². The predicted molar refractivity (Wildman–Crippen MR) is 298 cm³/mol. The molecular weight excluding hydrogens is 854 g/mol. The fourth-order valence-electron chi connectivity index (χ4n) is 11.1. The molecule has 0 radical (unpaired) electrons. The molecule has 0 atom stereocenters. The number of rotatable bonds is 7. The minimum Gasteiger partial charge on any atom is -0.311 e. The maximum absolute atomic E-state index is 2.65. The Balaban J connectivity index is 1.14. The minimum atomic E-state index is -0.0992. The highest BCUT2D eigenvalue weighted by Gasteiger charge is 2.47.